The van der Waals surface area contributed by atoms with E-state index < -0.39 is 0 Å². The lowest BCUT2D eigenvalue weighted by molar-refractivity contribution is 0.906. The quantitative estimate of drug-likeness (QED) is 0.340. The molecule has 0 amide bonds. The van der Waals surface area contributed by atoms with Gasteiger partial charge in [0.15, 0.2) is 11.3 Å². The number of hydrogen-bond acceptors (Lipinski definition) is 5. The second kappa shape index (κ2) is 7.90. The Balaban J connectivity index is 1.65. The van der Waals surface area contributed by atoms with Crippen LogP contribution in [0.1, 0.15) is 11.1 Å². The summed E-state index contributed by atoms with van der Waals surface area (Å²) in [5.41, 5.74) is 5.17. The molecular formula is C26H17ClN6O. The van der Waals surface area contributed by atoms with Gasteiger partial charge in [-0.15, -0.1) is 0 Å². The van der Waals surface area contributed by atoms with Gasteiger partial charge in [-0.2, -0.15) is 9.78 Å². The summed E-state index contributed by atoms with van der Waals surface area (Å²) in [7, 11) is 0. The topological polar surface area (TPSA) is 78.0 Å². The molecule has 6 rings (SSSR count). The summed E-state index contributed by atoms with van der Waals surface area (Å²) in [6.07, 6.45) is 3.20. The van der Waals surface area contributed by atoms with Gasteiger partial charge in [-0.05, 0) is 48.9 Å². The first-order chi connectivity index (χ1) is 16.6. The van der Waals surface area contributed by atoms with Gasteiger partial charge in [-0.3, -0.25) is 9.36 Å². The van der Waals surface area contributed by atoms with E-state index in [4.69, 9.17) is 21.6 Å². The lowest BCUT2D eigenvalue weighted by Crippen LogP contribution is -2.18. The summed E-state index contributed by atoms with van der Waals surface area (Å²) in [6.45, 7) is 2.00. The average molecular weight is 465 g/mol. The summed E-state index contributed by atoms with van der Waals surface area (Å²) in [5, 5.41) is 5.63. The number of aromatic nitrogens is 5. The van der Waals surface area contributed by atoms with Crippen molar-refractivity contribution in [2.24, 2.45) is 5.10 Å². The van der Waals surface area contributed by atoms with Crippen molar-refractivity contribution in [3.05, 3.63) is 106 Å². The van der Waals surface area contributed by atoms with Crippen LogP contribution in [0.5, 0.6) is 0 Å². The van der Waals surface area contributed by atoms with Gasteiger partial charge in [0.2, 0.25) is 0 Å². The molecule has 3 aromatic heterocycles. The molecule has 0 saturated carbocycles. The van der Waals surface area contributed by atoms with Crippen molar-refractivity contribution in [2.45, 2.75) is 6.92 Å². The highest BCUT2D eigenvalue weighted by molar-refractivity contribution is 6.30. The van der Waals surface area contributed by atoms with Crippen LogP contribution in [0, 0.1) is 6.92 Å². The number of hydrogen-bond donors (Lipinski definition) is 0. The highest BCUT2D eigenvalue weighted by Gasteiger charge is 2.20. The van der Waals surface area contributed by atoms with Gasteiger partial charge in [0, 0.05) is 5.02 Å². The Labute approximate surface area is 198 Å². The molecule has 3 aromatic carbocycles. The summed E-state index contributed by atoms with van der Waals surface area (Å²) in [4.78, 5) is 27.8. The summed E-state index contributed by atoms with van der Waals surface area (Å²) < 4.78 is 3.09. The maximum Gasteiger partial charge on any atom is 0.269 e. The Morgan fingerprint density at radius 1 is 0.882 bits per heavy atom. The standard InChI is InChI=1S/C26H17ClN6O/c1-16-6-12-19(13-7-16)32-15-28-24-22(26(32)34)23-25(31-21-5-3-2-4-20(21)30-23)33(24)29-14-17-8-10-18(27)11-9-17/h2-15H,1H3. The fraction of sp³-hybridized carbons (Fsp3) is 0.0385. The van der Waals surface area contributed by atoms with Gasteiger partial charge in [0.05, 0.1) is 22.9 Å². The molecule has 8 heteroatoms. The molecule has 0 N–H and O–H groups in total. The molecule has 3 heterocycles. The van der Waals surface area contributed by atoms with E-state index in [0.717, 1.165) is 16.8 Å². The van der Waals surface area contributed by atoms with Gasteiger partial charge >= 0.3 is 0 Å². The number of rotatable bonds is 3. The van der Waals surface area contributed by atoms with Crippen LogP contribution in [0.15, 0.2) is 89.0 Å². The van der Waals surface area contributed by atoms with Crippen LogP contribution < -0.4 is 5.56 Å². The number of aryl methyl sites for hydroxylation is 1. The Morgan fingerprint density at radius 3 is 2.32 bits per heavy atom. The van der Waals surface area contributed by atoms with Crippen LogP contribution in [0.4, 0.5) is 0 Å². The van der Waals surface area contributed by atoms with E-state index in [-0.39, 0.29) is 5.56 Å². The van der Waals surface area contributed by atoms with Gasteiger partial charge in [-0.25, -0.2) is 15.0 Å². The summed E-state index contributed by atoms with van der Waals surface area (Å²) >= 11 is 6.00. The fourth-order valence-electron chi connectivity index (χ4n) is 3.89. The molecule has 34 heavy (non-hydrogen) atoms. The van der Waals surface area contributed by atoms with Crippen LogP contribution in [-0.2, 0) is 0 Å². The largest absolute Gasteiger partial charge is 0.269 e. The molecule has 0 spiro atoms. The van der Waals surface area contributed by atoms with E-state index >= 15 is 0 Å². The minimum Gasteiger partial charge on any atom is -0.268 e. The number of halogens is 1. The Bertz CT molecular complexity index is 1780. The van der Waals surface area contributed by atoms with E-state index in [2.05, 4.69) is 10.1 Å². The van der Waals surface area contributed by atoms with Crippen LogP contribution in [0.2, 0.25) is 5.02 Å². The molecule has 0 bridgehead atoms. The predicted molar refractivity (Wildman–Crippen MR) is 135 cm³/mol. The summed E-state index contributed by atoms with van der Waals surface area (Å²) in [5.74, 6) is 0. The predicted octanol–water partition coefficient (Wildman–Crippen LogP) is 5.13. The normalized spacial score (nSPS) is 11.8. The molecular weight excluding hydrogens is 448 g/mol. The van der Waals surface area contributed by atoms with Crippen LogP contribution in [0.25, 0.3) is 38.9 Å². The van der Waals surface area contributed by atoms with Crippen LogP contribution in [0.3, 0.4) is 0 Å². The van der Waals surface area contributed by atoms with E-state index in [1.807, 2.05) is 67.6 Å². The molecule has 0 radical (unpaired) electrons. The third-order valence-electron chi connectivity index (χ3n) is 5.65. The zero-order chi connectivity index (χ0) is 23.2. The number of para-hydroxylation sites is 2. The zero-order valence-corrected chi connectivity index (χ0v) is 18.8. The van der Waals surface area contributed by atoms with Gasteiger partial charge < -0.3 is 0 Å². The lowest BCUT2D eigenvalue weighted by atomic mass is 10.2. The molecule has 0 saturated heterocycles. The molecule has 0 fully saturated rings. The van der Waals surface area contributed by atoms with E-state index in [1.54, 1.807) is 23.0 Å². The monoisotopic (exact) mass is 464 g/mol. The van der Waals surface area contributed by atoms with Crippen molar-refractivity contribution in [1.29, 1.82) is 0 Å². The van der Waals surface area contributed by atoms with Crippen LogP contribution in [-0.4, -0.2) is 30.4 Å². The lowest BCUT2D eigenvalue weighted by Gasteiger charge is -2.05. The number of fused-ring (bicyclic) bond motifs is 4. The molecule has 7 nitrogen and oxygen atoms in total. The molecule has 0 atom stereocenters. The minimum absolute atomic E-state index is 0.233. The van der Waals surface area contributed by atoms with Crippen molar-refractivity contribution in [2.75, 3.05) is 0 Å². The third-order valence-corrected chi connectivity index (χ3v) is 5.90. The highest BCUT2D eigenvalue weighted by Crippen LogP contribution is 2.25. The second-order valence-electron chi connectivity index (χ2n) is 7.95. The van der Waals surface area contributed by atoms with E-state index in [1.165, 1.54) is 10.9 Å². The van der Waals surface area contributed by atoms with Crippen LogP contribution >= 0.6 is 11.6 Å². The van der Waals surface area contributed by atoms with Crippen molar-refractivity contribution in [1.82, 2.24) is 24.2 Å². The molecule has 0 aliphatic heterocycles. The molecule has 0 unspecified atom stereocenters. The zero-order valence-electron chi connectivity index (χ0n) is 18.1. The number of nitrogens with zero attached hydrogens (tertiary/aromatic N) is 6. The minimum atomic E-state index is -0.233. The van der Waals surface area contributed by atoms with Gasteiger partial charge in [-0.1, -0.05) is 53.6 Å². The third kappa shape index (κ3) is 3.34. The van der Waals surface area contributed by atoms with Crippen molar-refractivity contribution >= 4 is 51.0 Å². The molecule has 164 valence electrons. The summed E-state index contributed by atoms with van der Waals surface area (Å²) in [6, 6.07) is 22.5. The first-order valence-electron chi connectivity index (χ1n) is 10.6. The average Bonchev–Trinajstić information content (AvgIpc) is 3.16. The molecule has 0 aliphatic carbocycles. The smallest absolute Gasteiger partial charge is 0.268 e. The van der Waals surface area contributed by atoms with E-state index in [9.17, 15) is 4.79 Å². The SMILES string of the molecule is Cc1ccc(-n2cnc3c(c2=O)c2nc4ccccc4nc2n3N=Cc2ccc(Cl)cc2)cc1. The maximum absolute atomic E-state index is 13.7. The molecule has 0 aliphatic rings. The second-order valence-corrected chi connectivity index (χ2v) is 8.38. The van der Waals surface area contributed by atoms with Gasteiger partial charge in [0.1, 0.15) is 17.2 Å². The van der Waals surface area contributed by atoms with Gasteiger partial charge in [0.25, 0.3) is 5.56 Å². The Morgan fingerprint density at radius 2 is 1.59 bits per heavy atom. The van der Waals surface area contributed by atoms with E-state index in [0.29, 0.717) is 38.3 Å². The first-order valence-corrected chi connectivity index (χ1v) is 11.0. The van der Waals surface area contributed by atoms with Crippen molar-refractivity contribution < 1.29 is 0 Å². The maximum atomic E-state index is 13.7. The Kier molecular flexibility index (Phi) is 4.71. The number of benzene rings is 3. The first kappa shape index (κ1) is 20.3. The highest BCUT2D eigenvalue weighted by atomic mass is 35.5. The van der Waals surface area contributed by atoms with Crippen molar-refractivity contribution in [3.63, 3.8) is 0 Å². The molecule has 6 aromatic rings. The Hall–Kier alpha value is -4.36. The fourth-order valence-corrected chi connectivity index (χ4v) is 4.02. The van der Waals surface area contributed by atoms with Crippen molar-refractivity contribution in [3.8, 4) is 5.69 Å².